The molecule has 2 aromatic carbocycles. The molecule has 228 valence electrons. The molecule has 0 radical (unpaired) electrons. The SMILES string of the molecule is CCn1cncc1Cn1c(CN2CCC(Oc3cccc(COc4ccc(Cl)cc4F)c3)CC2)nc2ccc(C(=O)O)nc21. The molecule has 0 unspecified atom stereocenters. The number of hydrogen-bond donors (Lipinski definition) is 1. The number of aryl methyl sites for hydroxylation is 1. The minimum atomic E-state index is -1.07. The Hall–Kier alpha value is -4.48. The van der Waals surface area contributed by atoms with Crippen LogP contribution in [0.15, 0.2) is 67.1 Å². The highest BCUT2D eigenvalue weighted by Gasteiger charge is 2.24. The molecule has 1 saturated heterocycles. The molecule has 1 aliphatic rings. The number of piperidine rings is 1. The van der Waals surface area contributed by atoms with E-state index in [0.29, 0.717) is 29.3 Å². The highest BCUT2D eigenvalue weighted by atomic mass is 35.5. The average Bonchev–Trinajstić information content (AvgIpc) is 3.61. The number of aromatic nitrogens is 5. The van der Waals surface area contributed by atoms with Gasteiger partial charge in [0.15, 0.2) is 22.9 Å². The molecule has 1 aliphatic heterocycles. The van der Waals surface area contributed by atoms with Gasteiger partial charge >= 0.3 is 5.97 Å². The Morgan fingerprint density at radius 2 is 1.93 bits per heavy atom. The summed E-state index contributed by atoms with van der Waals surface area (Å²) >= 11 is 5.83. The third kappa shape index (κ3) is 6.68. The molecule has 5 aromatic rings. The molecule has 10 nitrogen and oxygen atoms in total. The number of carboxylic acids is 1. The summed E-state index contributed by atoms with van der Waals surface area (Å²) in [6.07, 6.45) is 5.33. The molecule has 3 aromatic heterocycles. The molecular formula is C32H32ClFN6O4. The van der Waals surface area contributed by atoms with Gasteiger partial charge in [0.25, 0.3) is 0 Å². The first-order valence-electron chi connectivity index (χ1n) is 14.5. The number of aromatic carboxylic acids is 1. The number of pyridine rings is 1. The van der Waals surface area contributed by atoms with Gasteiger partial charge in [0.05, 0.1) is 25.1 Å². The summed E-state index contributed by atoms with van der Waals surface area (Å²) in [5, 5.41) is 9.85. The van der Waals surface area contributed by atoms with Gasteiger partial charge in [-0.05, 0) is 67.8 Å². The van der Waals surface area contributed by atoms with E-state index in [1.54, 1.807) is 18.5 Å². The van der Waals surface area contributed by atoms with E-state index in [0.717, 1.165) is 55.3 Å². The molecule has 12 heteroatoms. The fraction of sp³-hybridized carbons (Fsp3) is 0.312. The molecule has 0 spiro atoms. The zero-order valence-corrected chi connectivity index (χ0v) is 25.0. The molecule has 0 aliphatic carbocycles. The van der Waals surface area contributed by atoms with Crippen molar-refractivity contribution in [3.63, 3.8) is 0 Å². The molecule has 0 atom stereocenters. The number of hydrogen-bond acceptors (Lipinski definition) is 7. The monoisotopic (exact) mass is 618 g/mol. The van der Waals surface area contributed by atoms with Crippen molar-refractivity contribution in [2.45, 2.75) is 52.1 Å². The molecule has 1 fully saturated rings. The summed E-state index contributed by atoms with van der Waals surface area (Å²) in [5.74, 6) is 0.144. The van der Waals surface area contributed by atoms with Crippen molar-refractivity contribution in [2.75, 3.05) is 13.1 Å². The number of rotatable bonds is 11. The fourth-order valence-corrected chi connectivity index (χ4v) is 5.58. The summed E-state index contributed by atoms with van der Waals surface area (Å²) in [5.41, 5.74) is 3.06. The maximum atomic E-state index is 14.1. The van der Waals surface area contributed by atoms with Crippen molar-refractivity contribution < 1.29 is 23.8 Å². The normalized spacial score (nSPS) is 14.2. The highest BCUT2D eigenvalue weighted by molar-refractivity contribution is 6.30. The summed E-state index contributed by atoms with van der Waals surface area (Å²) < 4.78 is 30.1. The van der Waals surface area contributed by atoms with Crippen LogP contribution in [0.3, 0.4) is 0 Å². The number of fused-ring (bicyclic) bond motifs is 1. The first kappa shape index (κ1) is 29.6. The van der Waals surface area contributed by atoms with Crippen LogP contribution in [0.2, 0.25) is 5.02 Å². The van der Waals surface area contributed by atoms with Crippen molar-refractivity contribution >= 4 is 28.7 Å². The largest absolute Gasteiger partial charge is 0.490 e. The second-order valence-electron chi connectivity index (χ2n) is 10.7. The van der Waals surface area contributed by atoms with E-state index < -0.39 is 11.8 Å². The number of carbonyl (C=O) groups is 1. The molecule has 0 bridgehead atoms. The molecule has 0 saturated carbocycles. The summed E-state index contributed by atoms with van der Waals surface area (Å²) in [6.45, 7) is 5.74. The Balaban J connectivity index is 1.10. The molecule has 4 heterocycles. The summed E-state index contributed by atoms with van der Waals surface area (Å²) in [6, 6.07) is 15.2. The lowest BCUT2D eigenvalue weighted by molar-refractivity contribution is 0.0691. The third-order valence-electron chi connectivity index (χ3n) is 7.74. The molecule has 1 N–H and O–H groups in total. The van der Waals surface area contributed by atoms with Crippen LogP contribution >= 0.6 is 11.6 Å². The topological polar surface area (TPSA) is 108 Å². The van der Waals surface area contributed by atoms with Crippen molar-refractivity contribution in [3.05, 3.63) is 101 Å². The molecule has 0 amide bonds. The predicted octanol–water partition coefficient (Wildman–Crippen LogP) is 5.81. The van der Waals surface area contributed by atoms with E-state index in [1.165, 1.54) is 18.2 Å². The van der Waals surface area contributed by atoms with Crippen LogP contribution in [-0.4, -0.2) is 59.3 Å². The Labute approximate surface area is 258 Å². The Kier molecular flexibility index (Phi) is 8.76. The van der Waals surface area contributed by atoms with Gasteiger partial charge in [-0.2, -0.15) is 0 Å². The summed E-state index contributed by atoms with van der Waals surface area (Å²) in [4.78, 5) is 27.5. The number of likely N-dealkylation sites (tertiary alicyclic amines) is 1. The lowest BCUT2D eigenvalue weighted by Gasteiger charge is -2.32. The third-order valence-corrected chi connectivity index (χ3v) is 7.97. The van der Waals surface area contributed by atoms with Gasteiger partial charge < -0.3 is 23.7 Å². The van der Waals surface area contributed by atoms with Crippen LogP contribution in [0.25, 0.3) is 11.2 Å². The first-order valence-corrected chi connectivity index (χ1v) is 14.9. The molecule has 6 rings (SSSR count). The van der Waals surface area contributed by atoms with Crippen LogP contribution in [0.5, 0.6) is 11.5 Å². The van der Waals surface area contributed by atoms with E-state index >= 15 is 0 Å². The minimum Gasteiger partial charge on any atom is -0.490 e. The number of nitrogens with zero attached hydrogens (tertiary/aromatic N) is 6. The standard InChI is InChI=1S/C32H32ClFN6O4/c1-2-39-20-35-16-23(39)17-40-30(36-27-7-8-28(32(41)42)37-31(27)40)18-38-12-10-24(11-13-38)44-25-5-3-4-21(14-25)19-43-29-9-6-22(33)15-26(29)34/h3-9,14-16,20,24H,2,10-13,17-19H2,1H3,(H,41,42). The van der Waals surface area contributed by atoms with Gasteiger partial charge in [-0.1, -0.05) is 23.7 Å². The smallest absolute Gasteiger partial charge is 0.354 e. The van der Waals surface area contributed by atoms with Crippen LogP contribution in [-0.2, 0) is 26.2 Å². The zero-order chi connectivity index (χ0) is 30.6. The van der Waals surface area contributed by atoms with E-state index in [1.807, 2.05) is 35.0 Å². The quantitative estimate of drug-likeness (QED) is 0.198. The zero-order valence-electron chi connectivity index (χ0n) is 24.2. The number of carboxylic acid groups (broad SMARTS) is 1. The Morgan fingerprint density at radius 1 is 1.09 bits per heavy atom. The second kappa shape index (κ2) is 13.0. The van der Waals surface area contributed by atoms with E-state index in [-0.39, 0.29) is 24.2 Å². The average molecular weight is 619 g/mol. The Morgan fingerprint density at radius 3 is 2.70 bits per heavy atom. The van der Waals surface area contributed by atoms with Gasteiger partial charge in [0.1, 0.15) is 29.8 Å². The van der Waals surface area contributed by atoms with Crippen molar-refractivity contribution in [3.8, 4) is 11.5 Å². The van der Waals surface area contributed by atoms with Crippen LogP contribution in [0, 0.1) is 5.82 Å². The number of benzene rings is 2. The van der Waals surface area contributed by atoms with Crippen LogP contribution in [0.4, 0.5) is 4.39 Å². The Bertz CT molecular complexity index is 1780. The molecular weight excluding hydrogens is 587 g/mol. The predicted molar refractivity (Wildman–Crippen MR) is 163 cm³/mol. The number of imidazole rings is 2. The van der Waals surface area contributed by atoms with Crippen LogP contribution in [0.1, 0.15) is 47.3 Å². The van der Waals surface area contributed by atoms with Gasteiger partial charge in [-0.3, -0.25) is 4.90 Å². The number of ether oxygens (including phenoxy) is 2. The lowest BCUT2D eigenvalue weighted by Crippen LogP contribution is -2.38. The van der Waals surface area contributed by atoms with Crippen molar-refractivity contribution in [1.82, 2.24) is 29.0 Å². The lowest BCUT2D eigenvalue weighted by atomic mass is 10.1. The van der Waals surface area contributed by atoms with Crippen LogP contribution < -0.4 is 9.47 Å². The number of halogens is 2. The summed E-state index contributed by atoms with van der Waals surface area (Å²) in [7, 11) is 0. The van der Waals surface area contributed by atoms with E-state index in [4.69, 9.17) is 26.1 Å². The highest BCUT2D eigenvalue weighted by Crippen LogP contribution is 2.25. The second-order valence-corrected chi connectivity index (χ2v) is 11.2. The van der Waals surface area contributed by atoms with Gasteiger partial charge in [-0.25, -0.2) is 24.1 Å². The molecule has 44 heavy (non-hydrogen) atoms. The fourth-order valence-electron chi connectivity index (χ4n) is 5.42. The van der Waals surface area contributed by atoms with Crippen molar-refractivity contribution in [2.24, 2.45) is 0 Å². The van der Waals surface area contributed by atoms with Gasteiger partial charge in [0, 0.05) is 30.9 Å². The minimum absolute atomic E-state index is 0.0139. The maximum Gasteiger partial charge on any atom is 0.354 e. The van der Waals surface area contributed by atoms with Gasteiger partial charge in [-0.15, -0.1) is 0 Å². The maximum absolute atomic E-state index is 14.1. The van der Waals surface area contributed by atoms with E-state index in [9.17, 15) is 14.3 Å². The van der Waals surface area contributed by atoms with Crippen molar-refractivity contribution in [1.29, 1.82) is 0 Å². The first-order chi connectivity index (χ1) is 21.4. The van der Waals surface area contributed by atoms with E-state index in [2.05, 4.69) is 26.4 Å². The van der Waals surface area contributed by atoms with Gasteiger partial charge in [0.2, 0.25) is 0 Å².